The molecule has 4 aromatic carbocycles. The minimum atomic E-state index is 0.0174. The van der Waals surface area contributed by atoms with Crippen LogP contribution in [0, 0.1) is 0 Å². The van der Waals surface area contributed by atoms with Crippen molar-refractivity contribution in [2.24, 2.45) is 0 Å². The smallest absolute Gasteiger partial charge is 0.212 e. The molecule has 0 amide bonds. The lowest BCUT2D eigenvalue weighted by Gasteiger charge is -2.23. The van der Waals surface area contributed by atoms with Crippen LogP contribution in [0.5, 0.6) is 0 Å². The molecular weight excluding hydrogens is 514 g/mol. The lowest BCUT2D eigenvalue weighted by atomic mass is 9.88. The van der Waals surface area contributed by atoms with Crippen LogP contribution in [0.3, 0.4) is 0 Å². The Balaban J connectivity index is 1.30. The van der Waals surface area contributed by atoms with Gasteiger partial charge in [0.15, 0.2) is 0 Å². The van der Waals surface area contributed by atoms with E-state index in [2.05, 4.69) is 54.6 Å². The van der Waals surface area contributed by atoms with E-state index in [9.17, 15) is 4.79 Å². The summed E-state index contributed by atoms with van der Waals surface area (Å²) in [6, 6.07) is 40.5. The number of rotatable bonds is 5. The Bertz CT molecular complexity index is 1810. The predicted molar refractivity (Wildman–Crippen MR) is 170 cm³/mol. The number of hydrogen-bond donors (Lipinski definition) is 0. The molecular formula is C39H27NO2. The van der Waals surface area contributed by atoms with Crippen LogP contribution in [0.2, 0.25) is 0 Å². The zero-order valence-electron chi connectivity index (χ0n) is 22.9. The Kier molecular flexibility index (Phi) is 6.67. The van der Waals surface area contributed by atoms with E-state index in [1.807, 2.05) is 102 Å². The van der Waals surface area contributed by atoms with Crippen molar-refractivity contribution in [2.75, 3.05) is 0 Å². The normalized spacial score (nSPS) is 17.0. The highest BCUT2D eigenvalue weighted by atomic mass is 16.5. The number of benzene rings is 4. The summed E-state index contributed by atoms with van der Waals surface area (Å²) in [6.45, 7) is 0. The van der Waals surface area contributed by atoms with Gasteiger partial charge in [0.25, 0.3) is 0 Å². The van der Waals surface area contributed by atoms with Gasteiger partial charge in [-0.25, -0.2) is 0 Å². The maximum Gasteiger partial charge on any atom is 0.212 e. The van der Waals surface area contributed by atoms with Crippen LogP contribution in [-0.2, 0) is 9.53 Å². The summed E-state index contributed by atoms with van der Waals surface area (Å²) in [5, 5.41) is 0. The zero-order chi connectivity index (χ0) is 28.3. The highest BCUT2D eigenvalue weighted by Gasteiger charge is 2.36. The molecule has 0 unspecified atom stereocenters. The molecule has 0 radical (unpaired) electrons. The Morgan fingerprint density at radius 3 is 1.62 bits per heavy atom. The number of allylic oxidation sites excluding steroid dienone is 9. The van der Waals surface area contributed by atoms with E-state index in [-0.39, 0.29) is 5.78 Å². The van der Waals surface area contributed by atoms with Crippen LogP contribution in [-0.4, -0.2) is 10.7 Å². The third-order valence-corrected chi connectivity index (χ3v) is 7.59. The SMILES string of the molecule is O=C1C2=CC(=CC=C3C(c4ccccc4)=COC=C3c3ccccc3)C=CN2C(c2ccccc2)=C1c1ccccc1. The molecule has 0 spiro atoms. The fourth-order valence-corrected chi connectivity index (χ4v) is 5.58. The van der Waals surface area contributed by atoms with E-state index < -0.39 is 0 Å². The molecule has 0 atom stereocenters. The average molecular weight is 542 g/mol. The van der Waals surface area contributed by atoms with Gasteiger partial charge in [-0.15, -0.1) is 0 Å². The topological polar surface area (TPSA) is 29.5 Å². The number of ether oxygens (including phenoxy) is 1. The fraction of sp³-hybridized carbons (Fsp3) is 0. The van der Waals surface area contributed by atoms with Gasteiger partial charge < -0.3 is 9.64 Å². The van der Waals surface area contributed by atoms with E-state index >= 15 is 0 Å². The van der Waals surface area contributed by atoms with Crippen molar-refractivity contribution in [3.05, 3.63) is 203 Å². The molecule has 3 aliphatic rings. The van der Waals surface area contributed by atoms with Gasteiger partial charge in [0, 0.05) is 17.3 Å². The number of carbonyl (C=O) groups is 1. The Labute approximate surface area is 245 Å². The van der Waals surface area contributed by atoms with E-state index in [4.69, 9.17) is 4.74 Å². The molecule has 0 bridgehead atoms. The van der Waals surface area contributed by atoms with Gasteiger partial charge in [0.2, 0.25) is 5.78 Å². The van der Waals surface area contributed by atoms with Gasteiger partial charge in [-0.2, -0.15) is 0 Å². The van der Waals surface area contributed by atoms with Crippen LogP contribution in [0.1, 0.15) is 22.3 Å². The summed E-state index contributed by atoms with van der Waals surface area (Å²) in [5.74, 6) is 0.0174. The van der Waals surface area contributed by atoms with Gasteiger partial charge in [-0.05, 0) is 45.6 Å². The lowest BCUT2D eigenvalue weighted by Crippen LogP contribution is -2.15. The average Bonchev–Trinajstić information content (AvgIpc) is 3.36. The number of ketones is 1. The van der Waals surface area contributed by atoms with E-state index in [0.717, 1.165) is 50.2 Å². The van der Waals surface area contributed by atoms with Crippen molar-refractivity contribution >= 4 is 28.2 Å². The summed E-state index contributed by atoms with van der Waals surface area (Å²) in [5.41, 5.74) is 10.3. The predicted octanol–water partition coefficient (Wildman–Crippen LogP) is 8.82. The molecule has 0 N–H and O–H groups in total. The molecule has 0 aromatic heterocycles. The maximum atomic E-state index is 14.0. The molecule has 4 aromatic rings. The summed E-state index contributed by atoms with van der Waals surface area (Å²) in [6.07, 6.45) is 13.8. The first kappa shape index (κ1) is 25.3. The second kappa shape index (κ2) is 11.1. The summed E-state index contributed by atoms with van der Waals surface area (Å²) in [7, 11) is 0. The van der Waals surface area contributed by atoms with E-state index in [1.54, 1.807) is 12.5 Å². The molecule has 0 saturated carbocycles. The molecule has 42 heavy (non-hydrogen) atoms. The number of nitrogens with zero attached hydrogens (tertiary/aromatic N) is 1. The first-order valence-corrected chi connectivity index (χ1v) is 14.0. The van der Waals surface area contributed by atoms with Crippen molar-refractivity contribution in [1.29, 1.82) is 0 Å². The Hall–Kier alpha value is -5.67. The lowest BCUT2D eigenvalue weighted by molar-refractivity contribution is -0.110. The first-order chi connectivity index (χ1) is 20.8. The van der Waals surface area contributed by atoms with Gasteiger partial charge >= 0.3 is 0 Å². The Morgan fingerprint density at radius 1 is 0.571 bits per heavy atom. The number of fused-ring (bicyclic) bond motifs is 1. The number of carbonyl (C=O) groups excluding carboxylic acids is 1. The molecule has 0 saturated heterocycles. The van der Waals surface area contributed by atoms with Gasteiger partial charge in [0.1, 0.15) is 0 Å². The Morgan fingerprint density at radius 2 is 1.07 bits per heavy atom. The van der Waals surface area contributed by atoms with Crippen LogP contribution in [0.4, 0.5) is 0 Å². The molecule has 3 nitrogen and oxygen atoms in total. The molecule has 3 aliphatic heterocycles. The van der Waals surface area contributed by atoms with Crippen molar-refractivity contribution < 1.29 is 9.53 Å². The van der Waals surface area contributed by atoms with Crippen LogP contribution in [0.15, 0.2) is 181 Å². The molecule has 200 valence electrons. The molecule has 7 rings (SSSR count). The highest BCUT2D eigenvalue weighted by molar-refractivity contribution is 6.38. The standard InChI is InChI=1S/C39H27NO2/c41-39-36-25-28(23-24-40(36)38(32-19-11-4-12-20-32)37(39)31-17-9-3-10-18-31)21-22-33-34(29-13-5-1-6-14-29)26-42-27-35(33)30-15-7-2-8-16-30/h1-27H. The summed E-state index contributed by atoms with van der Waals surface area (Å²) < 4.78 is 5.84. The van der Waals surface area contributed by atoms with Crippen molar-refractivity contribution in [3.8, 4) is 0 Å². The van der Waals surface area contributed by atoms with Gasteiger partial charge in [-0.3, -0.25) is 4.79 Å². The van der Waals surface area contributed by atoms with E-state index in [1.165, 1.54) is 0 Å². The van der Waals surface area contributed by atoms with Crippen LogP contribution in [0.25, 0.3) is 22.4 Å². The molecule has 0 fully saturated rings. The third kappa shape index (κ3) is 4.67. The van der Waals surface area contributed by atoms with Crippen LogP contribution < -0.4 is 0 Å². The minimum absolute atomic E-state index is 0.0174. The molecule has 3 heterocycles. The van der Waals surface area contributed by atoms with E-state index in [0.29, 0.717) is 11.3 Å². The first-order valence-electron chi connectivity index (χ1n) is 14.0. The molecule has 3 heteroatoms. The van der Waals surface area contributed by atoms with Crippen molar-refractivity contribution in [3.63, 3.8) is 0 Å². The zero-order valence-corrected chi connectivity index (χ0v) is 22.9. The van der Waals surface area contributed by atoms with Gasteiger partial charge in [-0.1, -0.05) is 133 Å². The minimum Gasteiger partial charge on any atom is -0.471 e. The number of hydrogen-bond acceptors (Lipinski definition) is 3. The maximum absolute atomic E-state index is 14.0. The number of Topliss-reactive ketones (excluding diaryl/α,β-unsaturated/α-hetero) is 1. The van der Waals surface area contributed by atoms with Gasteiger partial charge in [0.05, 0.1) is 29.5 Å². The summed E-state index contributed by atoms with van der Waals surface area (Å²) in [4.78, 5) is 16.0. The summed E-state index contributed by atoms with van der Waals surface area (Å²) >= 11 is 0. The van der Waals surface area contributed by atoms with Crippen molar-refractivity contribution in [2.45, 2.75) is 0 Å². The van der Waals surface area contributed by atoms with Crippen LogP contribution >= 0.6 is 0 Å². The fourth-order valence-electron chi connectivity index (χ4n) is 5.58. The quantitative estimate of drug-likeness (QED) is 0.253. The monoisotopic (exact) mass is 541 g/mol. The highest BCUT2D eigenvalue weighted by Crippen LogP contribution is 2.43. The second-order valence-electron chi connectivity index (χ2n) is 10.2. The van der Waals surface area contributed by atoms with Crippen molar-refractivity contribution in [1.82, 2.24) is 4.90 Å². The second-order valence-corrected chi connectivity index (χ2v) is 10.2. The molecule has 0 aliphatic carbocycles. The third-order valence-electron chi connectivity index (χ3n) is 7.59. The largest absolute Gasteiger partial charge is 0.471 e.